The SMILES string of the molecule is CN=C(NCCCNc1ccccc1)NCc1ccc(COCC(F)(F)F)cc1.I. The van der Waals surface area contributed by atoms with Crippen LogP contribution in [-0.2, 0) is 17.9 Å². The Morgan fingerprint density at radius 1 is 0.933 bits per heavy atom. The first kappa shape index (κ1) is 26.0. The number of ether oxygens (including phenoxy) is 1. The van der Waals surface area contributed by atoms with Gasteiger partial charge in [-0.2, -0.15) is 13.2 Å². The number of benzene rings is 2. The molecule has 0 fully saturated rings. The molecule has 2 aromatic carbocycles. The van der Waals surface area contributed by atoms with Crippen molar-refractivity contribution >= 4 is 35.6 Å². The summed E-state index contributed by atoms with van der Waals surface area (Å²) in [6.07, 6.45) is -3.37. The molecule has 0 aliphatic heterocycles. The smallest absolute Gasteiger partial charge is 0.385 e. The molecule has 2 aromatic rings. The van der Waals surface area contributed by atoms with Crippen LogP contribution < -0.4 is 16.0 Å². The highest BCUT2D eigenvalue weighted by atomic mass is 127. The molecule has 0 amide bonds. The Morgan fingerprint density at radius 3 is 2.23 bits per heavy atom. The number of halogens is 4. The van der Waals surface area contributed by atoms with Gasteiger partial charge in [-0.25, -0.2) is 0 Å². The van der Waals surface area contributed by atoms with Crippen molar-refractivity contribution in [3.05, 3.63) is 65.7 Å². The van der Waals surface area contributed by atoms with Crippen LogP contribution in [0.2, 0.25) is 0 Å². The molecule has 0 saturated heterocycles. The average Bonchev–Trinajstić information content (AvgIpc) is 2.71. The van der Waals surface area contributed by atoms with Crippen molar-refractivity contribution in [1.29, 1.82) is 0 Å². The van der Waals surface area contributed by atoms with E-state index in [4.69, 9.17) is 0 Å². The summed E-state index contributed by atoms with van der Waals surface area (Å²) in [6, 6.07) is 17.3. The Kier molecular flexibility index (Phi) is 12.2. The summed E-state index contributed by atoms with van der Waals surface area (Å²) in [6.45, 7) is 0.888. The van der Waals surface area contributed by atoms with Crippen LogP contribution in [0.15, 0.2) is 59.6 Å². The first-order valence-electron chi connectivity index (χ1n) is 9.42. The fourth-order valence-electron chi connectivity index (χ4n) is 2.53. The number of anilines is 1. The van der Waals surface area contributed by atoms with Gasteiger partial charge in [-0.1, -0.05) is 42.5 Å². The van der Waals surface area contributed by atoms with Gasteiger partial charge in [0.05, 0.1) is 6.61 Å². The fraction of sp³-hybridized carbons (Fsp3) is 0.381. The monoisotopic (exact) mass is 536 g/mol. The second-order valence-corrected chi connectivity index (χ2v) is 6.42. The Bertz CT molecular complexity index is 740. The molecule has 0 heterocycles. The Hall–Kier alpha value is -2.01. The predicted molar refractivity (Wildman–Crippen MR) is 125 cm³/mol. The number of para-hydroxylation sites is 1. The number of hydrogen-bond donors (Lipinski definition) is 3. The van der Waals surface area contributed by atoms with Crippen molar-refractivity contribution in [2.75, 3.05) is 32.1 Å². The normalized spacial score (nSPS) is 11.5. The molecular weight excluding hydrogens is 508 g/mol. The van der Waals surface area contributed by atoms with Gasteiger partial charge in [-0.05, 0) is 29.7 Å². The molecule has 2 rings (SSSR count). The maximum Gasteiger partial charge on any atom is 0.411 e. The fourth-order valence-corrected chi connectivity index (χ4v) is 2.53. The van der Waals surface area contributed by atoms with Gasteiger partial charge in [0.2, 0.25) is 0 Å². The number of guanidine groups is 1. The molecule has 5 nitrogen and oxygen atoms in total. The molecular formula is C21H28F3IN4O. The van der Waals surface area contributed by atoms with Crippen molar-refractivity contribution in [2.24, 2.45) is 4.99 Å². The summed E-state index contributed by atoms with van der Waals surface area (Å²) >= 11 is 0. The van der Waals surface area contributed by atoms with Gasteiger partial charge in [-0.3, -0.25) is 4.99 Å². The molecule has 0 spiro atoms. The lowest BCUT2D eigenvalue weighted by Gasteiger charge is -2.13. The van der Waals surface area contributed by atoms with Crippen molar-refractivity contribution in [2.45, 2.75) is 25.7 Å². The van der Waals surface area contributed by atoms with E-state index >= 15 is 0 Å². The van der Waals surface area contributed by atoms with Crippen LogP contribution in [0.25, 0.3) is 0 Å². The molecule has 0 radical (unpaired) electrons. The molecule has 0 aliphatic rings. The molecule has 0 aliphatic carbocycles. The van der Waals surface area contributed by atoms with Crippen molar-refractivity contribution < 1.29 is 17.9 Å². The van der Waals surface area contributed by atoms with Crippen LogP contribution >= 0.6 is 24.0 Å². The standard InChI is InChI=1S/C21H27F3N4O.HI/c1-25-20(27-13-5-12-26-19-6-3-2-4-7-19)28-14-17-8-10-18(11-9-17)15-29-16-21(22,23)24;/h2-4,6-11,26H,5,12-16H2,1H3,(H2,25,27,28);1H. The molecule has 166 valence electrons. The van der Waals surface area contributed by atoms with Crippen LogP contribution in [0.1, 0.15) is 17.5 Å². The minimum Gasteiger partial charge on any atom is -0.385 e. The minimum absolute atomic E-state index is 0. The number of nitrogens with zero attached hydrogens (tertiary/aromatic N) is 1. The number of hydrogen-bond acceptors (Lipinski definition) is 3. The quantitative estimate of drug-likeness (QED) is 0.181. The molecule has 0 aromatic heterocycles. The van der Waals surface area contributed by atoms with Crippen LogP contribution in [0, 0.1) is 0 Å². The third-order valence-corrected chi connectivity index (χ3v) is 3.99. The maximum absolute atomic E-state index is 12.1. The zero-order valence-corrected chi connectivity index (χ0v) is 19.2. The molecule has 0 unspecified atom stereocenters. The summed E-state index contributed by atoms with van der Waals surface area (Å²) in [4.78, 5) is 4.19. The Morgan fingerprint density at radius 2 is 1.60 bits per heavy atom. The summed E-state index contributed by atoms with van der Waals surface area (Å²) in [5.74, 6) is 0.697. The van der Waals surface area contributed by atoms with Gasteiger partial charge >= 0.3 is 6.18 Å². The van der Waals surface area contributed by atoms with Crippen molar-refractivity contribution in [3.8, 4) is 0 Å². The van der Waals surface area contributed by atoms with Gasteiger partial charge in [0.25, 0.3) is 0 Å². The van der Waals surface area contributed by atoms with Gasteiger partial charge in [0.15, 0.2) is 5.96 Å². The van der Waals surface area contributed by atoms with Crippen LogP contribution in [0.4, 0.5) is 18.9 Å². The molecule has 9 heteroatoms. The third kappa shape index (κ3) is 11.2. The zero-order valence-electron chi connectivity index (χ0n) is 16.8. The molecule has 0 bridgehead atoms. The van der Waals surface area contributed by atoms with E-state index in [0.717, 1.165) is 30.8 Å². The van der Waals surface area contributed by atoms with Crippen LogP contribution in [0.5, 0.6) is 0 Å². The topological polar surface area (TPSA) is 57.7 Å². The van der Waals surface area contributed by atoms with Crippen molar-refractivity contribution in [1.82, 2.24) is 10.6 Å². The van der Waals surface area contributed by atoms with E-state index in [2.05, 4.69) is 25.7 Å². The van der Waals surface area contributed by atoms with Crippen LogP contribution in [0.3, 0.4) is 0 Å². The summed E-state index contributed by atoms with van der Waals surface area (Å²) in [5.41, 5.74) is 2.80. The lowest BCUT2D eigenvalue weighted by Crippen LogP contribution is -2.37. The van der Waals surface area contributed by atoms with Gasteiger partial charge in [0, 0.05) is 32.4 Å². The van der Waals surface area contributed by atoms with Crippen molar-refractivity contribution in [3.63, 3.8) is 0 Å². The second-order valence-electron chi connectivity index (χ2n) is 6.42. The summed E-state index contributed by atoms with van der Waals surface area (Å²) < 4.78 is 40.9. The highest BCUT2D eigenvalue weighted by Crippen LogP contribution is 2.15. The van der Waals surface area contributed by atoms with Gasteiger partial charge in [0.1, 0.15) is 6.61 Å². The van der Waals surface area contributed by atoms with E-state index in [1.807, 2.05) is 42.5 Å². The Labute approximate surface area is 192 Å². The van der Waals surface area contributed by atoms with Gasteiger partial charge < -0.3 is 20.7 Å². The highest BCUT2D eigenvalue weighted by Gasteiger charge is 2.27. The zero-order chi connectivity index (χ0) is 21.0. The van der Waals surface area contributed by atoms with E-state index in [1.165, 1.54) is 0 Å². The number of nitrogens with one attached hydrogen (secondary N) is 3. The van der Waals surface area contributed by atoms with E-state index in [1.54, 1.807) is 19.2 Å². The number of rotatable bonds is 10. The third-order valence-electron chi connectivity index (χ3n) is 3.99. The summed E-state index contributed by atoms with van der Waals surface area (Å²) in [7, 11) is 1.71. The minimum atomic E-state index is -4.30. The van der Waals surface area contributed by atoms with E-state index in [-0.39, 0.29) is 30.6 Å². The van der Waals surface area contributed by atoms with Crippen LogP contribution in [-0.4, -0.2) is 38.9 Å². The first-order chi connectivity index (χ1) is 14.0. The largest absolute Gasteiger partial charge is 0.411 e. The van der Waals surface area contributed by atoms with Gasteiger partial charge in [-0.15, -0.1) is 24.0 Å². The highest BCUT2D eigenvalue weighted by molar-refractivity contribution is 14.0. The average molecular weight is 536 g/mol. The number of aliphatic imine (C=N–C) groups is 1. The lowest BCUT2D eigenvalue weighted by molar-refractivity contribution is -0.176. The van der Waals surface area contributed by atoms with E-state index < -0.39 is 12.8 Å². The molecule has 3 N–H and O–H groups in total. The Balaban J connectivity index is 0.00000450. The first-order valence-corrected chi connectivity index (χ1v) is 9.42. The number of alkyl halides is 3. The van der Waals surface area contributed by atoms with E-state index in [9.17, 15) is 13.2 Å². The van der Waals surface area contributed by atoms with E-state index in [0.29, 0.717) is 18.1 Å². The molecule has 0 atom stereocenters. The predicted octanol–water partition coefficient (Wildman–Crippen LogP) is 4.55. The maximum atomic E-state index is 12.1. The summed E-state index contributed by atoms with van der Waals surface area (Å²) in [5, 5.41) is 9.82. The second kappa shape index (κ2) is 14.1. The molecule has 0 saturated carbocycles. The molecule has 30 heavy (non-hydrogen) atoms. The lowest BCUT2D eigenvalue weighted by atomic mass is 10.1.